The lowest BCUT2D eigenvalue weighted by atomic mass is 10.2. The van der Waals surface area contributed by atoms with E-state index in [1.54, 1.807) is 23.5 Å². The number of carbonyl (C=O) groups excluding carboxylic acids is 1. The molecule has 20 heavy (non-hydrogen) atoms. The van der Waals surface area contributed by atoms with Crippen molar-refractivity contribution >= 4 is 28.8 Å². The summed E-state index contributed by atoms with van der Waals surface area (Å²) in [7, 11) is 0. The number of amides is 1. The summed E-state index contributed by atoms with van der Waals surface area (Å²) in [4.78, 5) is 19.0. The molecular formula is C15H15ClN2OS. The van der Waals surface area contributed by atoms with Gasteiger partial charge < -0.3 is 4.90 Å². The number of rotatable bonds is 4. The molecule has 0 saturated heterocycles. The lowest BCUT2D eigenvalue weighted by Crippen LogP contribution is -2.32. The van der Waals surface area contributed by atoms with Crippen molar-refractivity contribution in [3.63, 3.8) is 0 Å². The highest BCUT2D eigenvalue weighted by Crippen LogP contribution is 2.30. The van der Waals surface area contributed by atoms with E-state index in [4.69, 9.17) is 11.6 Å². The first-order valence-corrected chi connectivity index (χ1v) is 7.87. The molecule has 1 fully saturated rings. The van der Waals surface area contributed by atoms with Crippen molar-refractivity contribution < 1.29 is 4.79 Å². The molecule has 3 nitrogen and oxygen atoms in total. The molecule has 1 aromatic heterocycles. The highest BCUT2D eigenvalue weighted by atomic mass is 35.5. The van der Waals surface area contributed by atoms with Crippen LogP contribution in [0.2, 0.25) is 5.02 Å². The number of hydrogen-bond acceptors (Lipinski definition) is 3. The molecule has 5 heteroatoms. The largest absolute Gasteiger partial charge is 0.330 e. The number of nitrogens with zero attached hydrogens (tertiary/aromatic N) is 2. The summed E-state index contributed by atoms with van der Waals surface area (Å²) in [6.45, 7) is 2.56. The summed E-state index contributed by atoms with van der Waals surface area (Å²) in [5, 5.41) is 3.65. The maximum absolute atomic E-state index is 12.6. The molecule has 0 atom stereocenters. The molecule has 1 amide bonds. The second kappa shape index (κ2) is 5.54. The van der Waals surface area contributed by atoms with Crippen LogP contribution in [0.4, 0.5) is 0 Å². The number of thiazole rings is 1. The zero-order valence-electron chi connectivity index (χ0n) is 11.2. The molecule has 1 aliphatic carbocycles. The molecule has 0 aliphatic heterocycles. The third kappa shape index (κ3) is 3.02. The number of hydrogen-bond donors (Lipinski definition) is 0. The molecular weight excluding hydrogens is 292 g/mol. The van der Waals surface area contributed by atoms with Gasteiger partial charge in [-0.15, -0.1) is 11.3 Å². The van der Waals surface area contributed by atoms with Crippen molar-refractivity contribution in [2.24, 2.45) is 0 Å². The van der Waals surface area contributed by atoms with Gasteiger partial charge in [-0.1, -0.05) is 17.7 Å². The Morgan fingerprint density at radius 3 is 2.90 bits per heavy atom. The van der Waals surface area contributed by atoms with Gasteiger partial charge in [0.15, 0.2) is 0 Å². The molecule has 0 radical (unpaired) electrons. The van der Waals surface area contributed by atoms with Gasteiger partial charge in [0.05, 0.1) is 17.2 Å². The van der Waals surface area contributed by atoms with E-state index < -0.39 is 0 Å². The normalized spacial score (nSPS) is 14.3. The Labute approximate surface area is 127 Å². The second-order valence-corrected chi connectivity index (χ2v) is 6.53. The number of halogens is 1. The molecule has 1 heterocycles. The van der Waals surface area contributed by atoms with Crippen LogP contribution in [0.3, 0.4) is 0 Å². The molecule has 2 aromatic rings. The highest BCUT2D eigenvalue weighted by molar-refractivity contribution is 7.09. The molecule has 3 rings (SSSR count). The number of carbonyl (C=O) groups is 1. The lowest BCUT2D eigenvalue weighted by Gasteiger charge is -2.21. The third-order valence-electron chi connectivity index (χ3n) is 3.32. The van der Waals surface area contributed by atoms with Crippen LogP contribution >= 0.6 is 22.9 Å². The van der Waals surface area contributed by atoms with Crippen molar-refractivity contribution in [1.82, 2.24) is 9.88 Å². The summed E-state index contributed by atoms with van der Waals surface area (Å²) < 4.78 is 0. The Hall–Kier alpha value is -1.39. The van der Waals surface area contributed by atoms with Crippen LogP contribution in [-0.4, -0.2) is 21.8 Å². The van der Waals surface area contributed by atoms with Crippen LogP contribution in [0.25, 0.3) is 0 Å². The van der Waals surface area contributed by atoms with Crippen LogP contribution in [0, 0.1) is 6.92 Å². The third-order valence-corrected chi connectivity index (χ3v) is 4.38. The molecule has 1 saturated carbocycles. The molecule has 1 aliphatic rings. The molecule has 0 spiro atoms. The van der Waals surface area contributed by atoms with Gasteiger partial charge in [-0.3, -0.25) is 4.79 Å². The van der Waals surface area contributed by atoms with E-state index in [1.807, 2.05) is 29.3 Å². The topological polar surface area (TPSA) is 33.2 Å². The highest BCUT2D eigenvalue weighted by Gasteiger charge is 2.33. The average molecular weight is 307 g/mol. The first-order chi connectivity index (χ1) is 9.63. The quantitative estimate of drug-likeness (QED) is 0.858. The van der Waals surface area contributed by atoms with Crippen LogP contribution in [0.15, 0.2) is 29.6 Å². The van der Waals surface area contributed by atoms with E-state index >= 15 is 0 Å². The van der Waals surface area contributed by atoms with E-state index in [9.17, 15) is 4.79 Å². The maximum Gasteiger partial charge on any atom is 0.254 e. The lowest BCUT2D eigenvalue weighted by molar-refractivity contribution is 0.0728. The van der Waals surface area contributed by atoms with Gasteiger partial charge in [-0.2, -0.15) is 0 Å². The Balaban J connectivity index is 1.81. The van der Waals surface area contributed by atoms with Gasteiger partial charge in [-0.05, 0) is 38.0 Å². The van der Waals surface area contributed by atoms with Gasteiger partial charge >= 0.3 is 0 Å². The van der Waals surface area contributed by atoms with Gasteiger partial charge in [0.1, 0.15) is 0 Å². The summed E-state index contributed by atoms with van der Waals surface area (Å²) in [6.07, 6.45) is 2.16. The summed E-state index contributed by atoms with van der Waals surface area (Å²) in [6, 6.07) is 7.49. The van der Waals surface area contributed by atoms with E-state index in [0.29, 0.717) is 23.2 Å². The Kier molecular flexibility index (Phi) is 3.76. The summed E-state index contributed by atoms with van der Waals surface area (Å²) in [5.41, 5.74) is 1.62. The fourth-order valence-electron chi connectivity index (χ4n) is 2.20. The van der Waals surface area contributed by atoms with E-state index in [1.165, 1.54) is 0 Å². The Morgan fingerprint density at radius 2 is 2.30 bits per heavy atom. The smallest absolute Gasteiger partial charge is 0.254 e. The molecule has 1 aromatic carbocycles. The van der Waals surface area contributed by atoms with Crippen molar-refractivity contribution in [1.29, 1.82) is 0 Å². The summed E-state index contributed by atoms with van der Waals surface area (Å²) in [5.74, 6) is 0.0423. The monoisotopic (exact) mass is 306 g/mol. The average Bonchev–Trinajstić information content (AvgIpc) is 3.19. The number of benzene rings is 1. The zero-order valence-corrected chi connectivity index (χ0v) is 12.7. The van der Waals surface area contributed by atoms with Gasteiger partial charge in [0.2, 0.25) is 0 Å². The minimum atomic E-state index is 0.0423. The number of aryl methyl sites for hydroxylation is 1. The fraction of sp³-hybridized carbons (Fsp3) is 0.333. The van der Waals surface area contributed by atoms with Gasteiger partial charge in [0, 0.05) is 22.0 Å². The van der Waals surface area contributed by atoms with E-state index in [-0.39, 0.29) is 5.91 Å². The molecule has 0 unspecified atom stereocenters. The SMILES string of the molecule is Cc1nc(CN(C(=O)c2cccc(Cl)c2)C2CC2)cs1. The van der Waals surface area contributed by atoms with Gasteiger partial charge in [-0.25, -0.2) is 4.98 Å². The second-order valence-electron chi connectivity index (χ2n) is 5.03. The Morgan fingerprint density at radius 1 is 1.50 bits per heavy atom. The summed E-state index contributed by atoms with van der Waals surface area (Å²) >= 11 is 7.59. The Bertz CT molecular complexity index is 636. The molecule has 0 N–H and O–H groups in total. The maximum atomic E-state index is 12.6. The van der Waals surface area contributed by atoms with Crippen LogP contribution < -0.4 is 0 Å². The standard InChI is InChI=1S/C15H15ClN2OS/c1-10-17-13(9-20-10)8-18(14-5-6-14)15(19)11-3-2-4-12(16)7-11/h2-4,7,9,14H,5-6,8H2,1H3. The van der Waals surface area contributed by atoms with Crippen molar-refractivity contribution in [3.8, 4) is 0 Å². The first-order valence-electron chi connectivity index (χ1n) is 6.61. The van der Waals surface area contributed by atoms with E-state index in [2.05, 4.69) is 4.98 Å². The van der Waals surface area contributed by atoms with Crippen LogP contribution in [0.5, 0.6) is 0 Å². The minimum absolute atomic E-state index is 0.0423. The van der Waals surface area contributed by atoms with Crippen molar-refractivity contribution in [3.05, 3.63) is 50.9 Å². The number of aromatic nitrogens is 1. The van der Waals surface area contributed by atoms with E-state index in [0.717, 1.165) is 23.5 Å². The predicted octanol–water partition coefficient (Wildman–Crippen LogP) is 3.91. The first kappa shape index (κ1) is 13.6. The predicted molar refractivity (Wildman–Crippen MR) is 81.2 cm³/mol. The van der Waals surface area contributed by atoms with Crippen LogP contribution in [-0.2, 0) is 6.54 Å². The van der Waals surface area contributed by atoms with Crippen LogP contribution in [0.1, 0.15) is 33.9 Å². The molecule has 104 valence electrons. The zero-order chi connectivity index (χ0) is 14.1. The van der Waals surface area contributed by atoms with Crippen molar-refractivity contribution in [2.45, 2.75) is 32.4 Å². The minimum Gasteiger partial charge on any atom is -0.330 e. The van der Waals surface area contributed by atoms with Gasteiger partial charge in [0.25, 0.3) is 5.91 Å². The fourth-order valence-corrected chi connectivity index (χ4v) is 2.99. The molecule has 0 bridgehead atoms. The van der Waals surface area contributed by atoms with Crippen molar-refractivity contribution in [2.75, 3.05) is 0 Å².